The Morgan fingerprint density at radius 3 is 2.74 bits per heavy atom. The van der Waals surface area contributed by atoms with Crippen LogP contribution in [-0.4, -0.2) is 23.6 Å². The van der Waals surface area contributed by atoms with Crippen LogP contribution in [0.4, 0.5) is 0 Å². The van der Waals surface area contributed by atoms with E-state index in [1.807, 2.05) is 24.3 Å². The molecule has 19 heavy (non-hydrogen) atoms. The monoisotopic (exact) mass is 324 g/mol. The van der Waals surface area contributed by atoms with Gasteiger partial charge in [0, 0.05) is 22.2 Å². The van der Waals surface area contributed by atoms with Crippen molar-refractivity contribution in [3.63, 3.8) is 0 Å². The summed E-state index contributed by atoms with van der Waals surface area (Å²) < 4.78 is 6.85. The third kappa shape index (κ3) is 2.56. The van der Waals surface area contributed by atoms with Crippen molar-refractivity contribution in [2.24, 2.45) is 11.3 Å². The van der Waals surface area contributed by atoms with Gasteiger partial charge in [0.05, 0.1) is 12.7 Å². The molecule has 0 aliphatic heterocycles. The molecule has 0 radical (unpaired) electrons. The fourth-order valence-corrected chi connectivity index (χ4v) is 3.59. The quantitative estimate of drug-likeness (QED) is 0.929. The zero-order chi connectivity index (χ0) is 13.5. The molecule has 0 aromatic heterocycles. The highest BCUT2D eigenvalue weighted by molar-refractivity contribution is 9.10. The highest BCUT2D eigenvalue weighted by atomic mass is 79.9. The first-order valence-corrected chi connectivity index (χ1v) is 7.46. The van der Waals surface area contributed by atoms with E-state index in [1.54, 1.807) is 0 Å². The summed E-state index contributed by atoms with van der Waals surface area (Å²) in [7, 11) is 0. The highest BCUT2D eigenvalue weighted by Crippen LogP contribution is 2.48. The third-order valence-corrected chi connectivity index (χ3v) is 4.94. The topological polar surface area (TPSA) is 46.5 Å². The first kappa shape index (κ1) is 13.1. The highest BCUT2D eigenvalue weighted by Gasteiger charge is 2.50. The predicted molar refractivity (Wildman–Crippen MR) is 75.0 cm³/mol. The number of aliphatic hydroxyl groups excluding tert-OH is 1. The average Bonchev–Trinajstić information content (AvgIpc) is 2.38. The molecule has 1 aromatic rings. The lowest BCUT2D eigenvalue weighted by molar-refractivity contribution is -0.146. The number of fused-ring (bicyclic) bond motifs is 3. The standard InChI is InChI=1S/C15H17BrO3/c16-10-1-3-11(4-2-10)19-9-15-6-5-12(13(17)7-15)14(18)8-15/h1-4,12-13,17H,5-9H2. The maximum Gasteiger partial charge on any atom is 0.139 e. The number of benzene rings is 1. The molecule has 102 valence electrons. The Labute approximate surface area is 121 Å². The van der Waals surface area contributed by atoms with Crippen LogP contribution in [0.2, 0.25) is 0 Å². The molecule has 1 N–H and O–H groups in total. The van der Waals surface area contributed by atoms with Gasteiger partial charge < -0.3 is 9.84 Å². The van der Waals surface area contributed by atoms with Gasteiger partial charge in [-0.05, 0) is 43.5 Å². The summed E-state index contributed by atoms with van der Waals surface area (Å²) in [4.78, 5) is 11.9. The number of hydrogen-bond donors (Lipinski definition) is 1. The molecular weight excluding hydrogens is 308 g/mol. The summed E-state index contributed by atoms with van der Waals surface area (Å²) >= 11 is 3.39. The molecule has 0 amide bonds. The van der Waals surface area contributed by atoms with Gasteiger partial charge in [0.1, 0.15) is 11.5 Å². The second-order valence-electron chi connectivity index (χ2n) is 5.80. The number of aliphatic hydroxyl groups is 1. The van der Waals surface area contributed by atoms with Crippen LogP contribution in [0.15, 0.2) is 28.7 Å². The molecule has 4 heteroatoms. The van der Waals surface area contributed by atoms with E-state index in [1.165, 1.54) is 0 Å². The van der Waals surface area contributed by atoms with E-state index >= 15 is 0 Å². The van der Waals surface area contributed by atoms with Crippen LogP contribution in [0, 0.1) is 11.3 Å². The van der Waals surface area contributed by atoms with Gasteiger partial charge in [0.25, 0.3) is 0 Å². The van der Waals surface area contributed by atoms with Gasteiger partial charge in [-0.25, -0.2) is 0 Å². The number of halogens is 1. The molecule has 4 rings (SSSR count). The fraction of sp³-hybridized carbons (Fsp3) is 0.533. The van der Waals surface area contributed by atoms with E-state index in [0.29, 0.717) is 19.4 Å². The molecule has 0 spiro atoms. The third-order valence-electron chi connectivity index (χ3n) is 4.41. The number of hydrogen-bond acceptors (Lipinski definition) is 3. The Morgan fingerprint density at radius 2 is 2.11 bits per heavy atom. The maximum atomic E-state index is 11.9. The Morgan fingerprint density at radius 1 is 1.37 bits per heavy atom. The molecule has 3 aliphatic rings. The summed E-state index contributed by atoms with van der Waals surface area (Å²) in [5, 5.41) is 9.99. The lowest BCUT2D eigenvalue weighted by atomic mass is 9.59. The van der Waals surface area contributed by atoms with E-state index in [-0.39, 0.29) is 17.1 Å². The second-order valence-corrected chi connectivity index (χ2v) is 6.72. The van der Waals surface area contributed by atoms with Crippen LogP contribution in [-0.2, 0) is 4.79 Å². The van der Waals surface area contributed by atoms with Crippen LogP contribution >= 0.6 is 15.9 Å². The first-order chi connectivity index (χ1) is 9.08. The minimum atomic E-state index is -0.469. The zero-order valence-electron chi connectivity index (χ0n) is 10.6. The van der Waals surface area contributed by atoms with Gasteiger partial charge in [-0.3, -0.25) is 4.79 Å². The molecule has 3 nitrogen and oxygen atoms in total. The molecule has 3 saturated carbocycles. The van der Waals surface area contributed by atoms with Crippen molar-refractivity contribution in [2.45, 2.75) is 31.8 Å². The Bertz CT molecular complexity index is 485. The molecule has 1 aromatic carbocycles. The number of carbonyl (C=O) groups is 1. The SMILES string of the molecule is O=C1CC2(COc3ccc(Br)cc3)CCC1C(O)C2. The van der Waals surface area contributed by atoms with E-state index < -0.39 is 6.10 Å². The van der Waals surface area contributed by atoms with Crippen molar-refractivity contribution in [1.29, 1.82) is 0 Å². The normalized spacial score (nSPS) is 33.5. The van der Waals surface area contributed by atoms with Crippen LogP contribution in [0.5, 0.6) is 5.75 Å². The van der Waals surface area contributed by atoms with Gasteiger partial charge in [0.2, 0.25) is 0 Å². The van der Waals surface area contributed by atoms with Crippen LogP contribution in [0.1, 0.15) is 25.7 Å². The Kier molecular flexibility index (Phi) is 3.39. The number of carbonyl (C=O) groups excluding carboxylic acids is 1. The van der Waals surface area contributed by atoms with Gasteiger partial charge in [0.15, 0.2) is 0 Å². The van der Waals surface area contributed by atoms with Crippen molar-refractivity contribution in [2.75, 3.05) is 6.61 Å². The number of rotatable bonds is 3. The minimum Gasteiger partial charge on any atom is -0.493 e. The summed E-state index contributed by atoms with van der Waals surface area (Å²) in [5.74, 6) is 0.908. The zero-order valence-corrected chi connectivity index (χ0v) is 12.2. The van der Waals surface area contributed by atoms with E-state index in [2.05, 4.69) is 15.9 Å². The van der Waals surface area contributed by atoms with Crippen molar-refractivity contribution in [3.8, 4) is 5.75 Å². The first-order valence-electron chi connectivity index (χ1n) is 6.67. The lowest BCUT2D eigenvalue weighted by Crippen LogP contribution is -2.51. The molecule has 3 aliphatic carbocycles. The van der Waals surface area contributed by atoms with E-state index in [0.717, 1.165) is 23.1 Å². The van der Waals surface area contributed by atoms with E-state index in [9.17, 15) is 9.90 Å². The Balaban J connectivity index is 1.68. The van der Waals surface area contributed by atoms with Crippen LogP contribution in [0.3, 0.4) is 0 Å². The molecule has 0 saturated heterocycles. The van der Waals surface area contributed by atoms with Crippen molar-refractivity contribution >= 4 is 21.7 Å². The second kappa shape index (κ2) is 4.91. The number of ketones is 1. The van der Waals surface area contributed by atoms with Gasteiger partial charge >= 0.3 is 0 Å². The van der Waals surface area contributed by atoms with Gasteiger partial charge in [-0.15, -0.1) is 0 Å². The number of ether oxygens (including phenoxy) is 1. The summed E-state index contributed by atoms with van der Waals surface area (Å²) in [6.45, 7) is 0.518. The largest absolute Gasteiger partial charge is 0.493 e. The Hall–Kier alpha value is -0.870. The maximum absolute atomic E-state index is 11.9. The van der Waals surface area contributed by atoms with Crippen molar-refractivity contribution in [1.82, 2.24) is 0 Å². The molecule has 3 fully saturated rings. The molecule has 3 unspecified atom stereocenters. The van der Waals surface area contributed by atoms with Gasteiger partial charge in [-0.2, -0.15) is 0 Å². The van der Waals surface area contributed by atoms with E-state index in [4.69, 9.17) is 4.74 Å². The molecular formula is C15H17BrO3. The smallest absolute Gasteiger partial charge is 0.139 e. The predicted octanol–water partition coefficient (Wildman–Crippen LogP) is 2.95. The van der Waals surface area contributed by atoms with Gasteiger partial charge in [-0.1, -0.05) is 15.9 Å². The summed E-state index contributed by atoms with van der Waals surface area (Å²) in [5.41, 5.74) is -0.154. The fourth-order valence-electron chi connectivity index (χ4n) is 3.33. The van der Waals surface area contributed by atoms with Crippen LogP contribution < -0.4 is 4.74 Å². The van der Waals surface area contributed by atoms with Crippen LogP contribution in [0.25, 0.3) is 0 Å². The van der Waals surface area contributed by atoms with Crippen molar-refractivity contribution in [3.05, 3.63) is 28.7 Å². The summed E-state index contributed by atoms with van der Waals surface area (Å²) in [6, 6.07) is 7.69. The minimum absolute atomic E-state index is 0.116. The molecule has 0 heterocycles. The van der Waals surface area contributed by atoms with Crippen molar-refractivity contribution < 1.29 is 14.6 Å². The number of Topliss-reactive ketones (excluding diaryl/α,β-unsaturated/α-hetero) is 1. The summed E-state index contributed by atoms with van der Waals surface area (Å²) in [6.07, 6.45) is 2.58. The average molecular weight is 325 g/mol. The molecule has 2 bridgehead atoms. The molecule has 3 atom stereocenters. The lowest BCUT2D eigenvalue weighted by Gasteiger charge is -2.47.